The standard InChI is InChI=1S/C13H20Br2N2S/c1-2-17-6-4-3-5-9(8-16)12(17)11-7-10(14)13(15)18-11/h7,9,12H,2-6,8,16H2,1H3. The van der Waals surface area contributed by atoms with E-state index in [9.17, 15) is 0 Å². The van der Waals surface area contributed by atoms with Gasteiger partial charge in [0.25, 0.3) is 0 Å². The zero-order valence-corrected chi connectivity index (χ0v) is 14.7. The van der Waals surface area contributed by atoms with Gasteiger partial charge in [-0.1, -0.05) is 13.3 Å². The van der Waals surface area contributed by atoms with Crippen molar-refractivity contribution in [2.75, 3.05) is 19.6 Å². The molecule has 0 spiro atoms. The van der Waals surface area contributed by atoms with Crippen LogP contribution < -0.4 is 5.73 Å². The van der Waals surface area contributed by atoms with Crippen molar-refractivity contribution in [1.29, 1.82) is 0 Å². The third-order valence-corrected chi connectivity index (χ3v) is 7.10. The Labute approximate surface area is 130 Å². The largest absolute Gasteiger partial charge is 0.330 e. The van der Waals surface area contributed by atoms with Crippen molar-refractivity contribution >= 4 is 43.2 Å². The molecule has 0 radical (unpaired) electrons. The summed E-state index contributed by atoms with van der Waals surface area (Å²) >= 11 is 9.05. The van der Waals surface area contributed by atoms with Crippen LogP contribution in [0, 0.1) is 5.92 Å². The first-order chi connectivity index (χ1) is 8.67. The van der Waals surface area contributed by atoms with Gasteiger partial charge in [0, 0.05) is 15.4 Å². The van der Waals surface area contributed by atoms with Gasteiger partial charge in [0.2, 0.25) is 0 Å². The number of hydrogen-bond donors (Lipinski definition) is 1. The number of rotatable bonds is 3. The maximum absolute atomic E-state index is 6.02. The molecule has 1 aliphatic heterocycles. The molecule has 1 fully saturated rings. The topological polar surface area (TPSA) is 29.3 Å². The number of nitrogens with two attached hydrogens (primary N) is 1. The van der Waals surface area contributed by atoms with Crippen LogP contribution in [0.4, 0.5) is 0 Å². The molecule has 0 aliphatic carbocycles. The van der Waals surface area contributed by atoms with E-state index in [1.54, 1.807) is 0 Å². The molecule has 2 rings (SSSR count). The number of thiophene rings is 1. The van der Waals surface area contributed by atoms with Gasteiger partial charge in [0.1, 0.15) is 0 Å². The van der Waals surface area contributed by atoms with Gasteiger partial charge in [-0.25, -0.2) is 0 Å². The van der Waals surface area contributed by atoms with Gasteiger partial charge < -0.3 is 5.73 Å². The van der Waals surface area contributed by atoms with Crippen LogP contribution in [0.1, 0.15) is 37.1 Å². The molecule has 102 valence electrons. The van der Waals surface area contributed by atoms with Crippen LogP contribution in [0.3, 0.4) is 0 Å². The minimum Gasteiger partial charge on any atom is -0.330 e. The molecule has 1 aromatic heterocycles. The average molecular weight is 396 g/mol. The molecule has 2 N–H and O–H groups in total. The van der Waals surface area contributed by atoms with Crippen molar-refractivity contribution < 1.29 is 0 Å². The van der Waals surface area contributed by atoms with Crippen LogP contribution in [-0.2, 0) is 0 Å². The normalized spacial score (nSPS) is 26.2. The molecule has 2 unspecified atom stereocenters. The molecule has 0 bridgehead atoms. The van der Waals surface area contributed by atoms with Crippen LogP contribution in [0.15, 0.2) is 14.3 Å². The van der Waals surface area contributed by atoms with Crippen molar-refractivity contribution in [3.8, 4) is 0 Å². The monoisotopic (exact) mass is 394 g/mol. The second-order valence-corrected chi connectivity index (χ2v) is 8.09. The molecule has 2 nitrogen and oxygen atoms in total. The Hall–Kier alpha value is 0.580. The van der Waals surface area contributed by atoms with E-state index >= 15 is 0 Å². The van der Waals surface area contributed by atoms with Crippen molar-refractivity contribution in [2.45, 2.75) is 32.2 Å². The Bertz CT molecular complexity index is 361. The van der Waals surface area contributed by atoms with Crippen molar-refractivity contribution in [3.63, 3.8) is 0 Å². The molecule has 1 aliphatic rings. The lowest BCUT2D eigenvalue weighted by Crippen LogP contribution is -2.35. The zero-order chi connectivity index (χ0) is 13.1. The Balaban J connectivity index is 2.32. The maximum atomic E-state index is 6.02. The molecule has 2 atom stereocenters. The first-order valence-corrected chi connectivity index (χ1v) is 8.96. The van der Waals surface area contributed by atoms with E-state index in [-0.39, 0.29) is 0 Å². The Morgan fingerprint density at radius 3 is 2.78 bits per heavy atom. The summed E-state index contributed by atoms with van der Waals surface area (Å²) in [6.45, 7) is 5.34. The van der Waals surface area contributed by atoms with Gasteiger partial charge in [0.05, 0.1) is 3.79 Å². The summed E-state index contributed by atoms with van der Waals surface area (Å²) in [7, 11) is 0. The highest BCUT2D eigenvalue weighted by molar-refractivity contribution is 9.13. The highest BCUT2D eigenvalue weighted by Gasteiger charge is 2.30. The van der Waals surface area contributed by atoms with Crippen molar-refractivity contribution in [3.05, 3.63) is 19.2 Å². The van der Waals surface area contributed by atoms with E-state index in [0.29, 0.717) is 12.0 Å². The van der Waals surface area contributed by atoms with E-state index < -0.39 is 0 Å². The number of hydrogen-bond acceptors (Lipinski definition) is 3. The Morgan fingerprint density at radius 1 is 1.44 bits per heavy atom. The molecule has 0 amide bonds. The third-order valence-electron chi connectivity index (χ3n) is 3.77. The highest BCUT2D eigenvalue weighted by atomic mass is 79.9. The van der Waals surface area contributed by atoms with E-state index in [1.165, 1.54) is 38.9 Å². The molecular weight excluding hydrogens is 376 g/mol. The second-order valence-electron chi connectivity index (χ2n) is 4.84. The summed E-state index contributed by atoms with van der Waals surface area (Å²) in [5.74, 6) is 0.588. The lowest BCUT2D eigenvalue weighted by molar-refractivity contribution is 0.169. The molecule has 18 heavy (non-hydrogen) atoms. The van der Waals surface area contributed by atoms with E-state index in [4.69, 9.17) is 5.73 Å². The summed E-state index contributed by atoms with van der Waals surface area (Å²) < 4.78 is 2.35. The minimum absolute atomic E-state index is 0.495. The molecule has 0 aromatic carbocycles. The quantitative estimate of drug-likeness (QED) is 0.821. The fourth-order valence-corrected chi connectivity index (χ4v) is 5.16. The van der Waals surface area contributed by atoms with Crippen LogP contribution in [0.25, 0.3) is 0 Å². The minimum atomic E-state index is 0.495. The third kappa shape index (κ3) is 3.18. The number of likely N-dealkylation sites (tertiary alicyclic amines) is 1. The second kappa shape index (κ2) is 6.84. The summed E-state index contributed by atoms with van der Waals surface area (Å²) in [5, 5.41) is 0. The summed E-state index contributed by atoms with van der Waals surface area (Å²) in [5.41, 5.74) is 6.02. The maximum Gasteiger partial charge on any atom is 0.0843 e. The molecule has 5 heteroatoms. The van der Waals surface area contributed by atoms with Crippen LogP contribution >= 0.6 is 43.2 Å². The Morgan fingerprint density at radius 2 is 2.22 bits per heavy atom. The number of nitrogens with zero attached hydrogens (tertiary/aromatic N) is 1. The molecule has 2 heterocycles. The Kier molecular flexibility index (Phi) is 5.69. The number of halogens is 2. The molecule has 1 saturated heterocycles. The summed E-state index contributed by atoms with van der Waals surface area (Å²) in [4.78, 5) is 4.03. The first kappa shape index (κ1) is 15.0. The predicted molar refractivity (Wildman–Crippen MR) is 86.1 cm³/mol. The highest BCUT2D eigenvalue weighted by Crippen LogP contribution is 2.42. The fourth-order valence-electron chi connectivity index (χ4n) is 2.84. The fraction of sp³-hybridized carbons (Fsp3) is 0.692. The van der Waals surface area contributed by atoms with Crippen LogP contribution in [0.2, 0.25) is 0 Å². The average Bonchev–Trinajstić information content (AvgIpc) is 2.60. The smallest absolute Gasteiger partial charge is 0.0843 e. The van der Waals surface area contributed by atoms with E-state index in [1.807, 2.05) is 11.3 Å². The zero-order valence-electron chi connectivity index (χ0n) is 10.7. The molecule has 0 saturated carbocycles. The first-order valence-electron chi connectivity index (χ1n) is 6.56. The summed E-state index contributed by atoms with van der Waals surface area (Å²) in [6.07, 6.45) is 3.86. The van der Waals surface area contributed by atoms with Crippen LogP contribution in [-0.4, -0.2) is 24.5 Å². The lowest BCUT2D eigenvalue weighted by Gasteiger charge is -2.33. The van der Waals surface area contributed by atoms with Crippen LogP contribution in [0.5, 0.6) is 0 Å². The van der Waals surface area contributed by atoms with Crippen molar-refractivity contribution in [1.82, 2.24) is 4.90 Å². The van der Waals surface area contributed by atoms with Gasteiger partial charge in [-0.3, -0.25) is 4.90 Å². The SMILES string of the molecule is CCN1CCCCC(CN)C1c1cc(Br)c(Br)s1. The van der Waals surface area contributed by atoms with Gasteiger partial charge in [-0.15, -0.1) is 11.3 Å². The molecular formula is C13H20Br2N2S. The van der Waals surface area contributed by atoms with E-state index in [2.05, 4.69) is 49.7 Å². The van der Waals surface area contributed by atoms with Gasteiger partial charge >= 0.3 is 0 Å². The lowest BCUT2D eigenvalue weighted by atomic mass is 9.93. The van der Waals surface area contributed by atoms with E-state index in [0.717, 1.165) is 13.1 Å². The van der Waals surface area contributed by atoms with Gasteiger partial charge in [-0.05, 0) is 76.3 Å². The predicted octanol–water partition coefficient (Wildman–Crippen LogP) is 4.39. The van der Waals surface area contributed by atoms with Gasteiger partial charge in [0.15, 0.2) is 0 Å². The summed E-state index contributed by atoms with van der Waals surface area (Å²) in [6, 6.07) is 2.76. The van der Waals surface area contributed by atoms with Crippen molar-refractivity contribution in [2.24, 2.45) is 11.7 Å². The van der Waals surface area contributed by atoms with Gasteiger partial charge in [-0.2, -0.15) is 0 Å². The molecule has 1 aromatic rings.